The van der Waals surface area contributed by atoms with Gasteiger partial charge in [0.15, 0.2) is 0 Å². The van der Waals surface area contributed by atoms with Crippen LogP contribution < -0.4 is 20.3 Å². The Hall–Kier alpha value is -2.86. The number of methoxy groups -OCH3 is 1. The van der Waals surface area contributed by atoms with E-state index in [-0.39, 0.29) is 17.7 Å². The van der Waals surface area contributed by atoms with E-state index in [2.05, 4.69) is 10.6 Å². The lowest BCUT2D eigenvalue weighted by Gasteiger charge is -2.41. The van der Waals surface area contributed by atoms with Crippen LogP contribution in [-0.2, 0) is 16.0 Å². The fraction of sp³-hybridized carbons (Fsp3) is 0.391. The van der Waals surface area contributed by atoms with E-state index in [0.717, 1.165) is 17.0 Å². The number of amides is 2. The van der Waals surface area contributed by atoms with Gasteiger partial charge in [0.2, 0.25) is 11.8 Å². The largest absolute Gasteiger partial charge is 0.497 e. The molecule has 4 rings (SSSR count). The van der Waals surface area contributed by atoms with Crippen LogP contribution in [0.25, 0.3) is 0 Å². The molecule has 2 aromatic carbocycles. The number of hydrogen-bond donors (Lipinski definition) is 2. The molecular formula is C23H27N3O3. The highest BCUT2D eigenvalue weighted by Crippen LogP contribution is 2.30. The van der Waals surface area contributed by atoms with Crippen LogP contribution in [0, 0.1) is 11.3 Å². The maximum atomic E-state index is 13.0. The molecule has 152 valence electrons. The summed E-state index contributed by atoms with van der Waals surface area (Å²) >= 11 is 0. The fourth-order valence-corrected chi connectivity index (χ4v) is 4.17. The number of hydrogen-bond acceptors (Lipinski definition) is 4. The summed E-state index contributed by atoms with van der Waals surface area (Å²) in [6, 6.07) is 17.6. The van der Waals surface area contributed by atoms with Crippen LogP contribution in [0.5, 0.6) is 5.75 Å². The maximum absolute atomic E-state index is 13.0. The zero-order valence-electron chi connectivity index (χ0n) is 16.7. The van der Waals surface area contributed by atoms with Gasteiger partial charge in [-0.2, -0.15) is 0 Å². The molecule has 2 amide bonds. The highest BCUT2D eigenvalue weighted by Gasteiger charge is 2.44. The Labute approximate surface area is 171 Å². The predicted molar refractivity (Wildman–Crippen MR) is 112 cm³/mol. The van der Waals surface area contributed by atoms with Gasteiger partial charge >= 0.3 is 0 Å². The van der Waals surface area contributed by atoms with Crippen LogP contribution in [0.3, 0.4) is 0 Å². The predicted octanol–water partition coefficient (Wildman–Crippen LogP) is 2.00. The first-order valence-electron chi connectivity index (χ1n) is 10.1. The van der Waals surface area contributed by atoms with E-state index in [0.29, 0.717) is 39.0 Å². The molecule has 0 saturated carbocycles. The fourth-order valence-electron chi connectivity index (χ4n) is 4.17. The van der Waals surface area contributed by atoms with Crippen LogP contribution in [-0.4, -0.2) is 45.1 Å². The van der Waals surface area contributed by atoms with Gasteiger partial charge in [-0.05, 0) is 36.2 Å². The minimum Gasteiger partial charge on any atom is -0.497 e. The Morgan fingerprint density at radius 2 is 2.00 bits per heavy atom. The Morgan fingerprint density at radius 3 is 2.69 bits per heavy atom. The molecule has 6 heteroatoms. The van der Waals surface area contributed by atoms with Crippen molar-refractivity contribution in [3.8, 4) is 5.75 Å². The zero-order valence-corrected chi connectivity index (χ0v) is 16.7. The van der Waals surface area contributed by atoms with Gasteiger partial charge in [-0.25, -0.2) is 0 Å². The van der Waals surface area contributed by atoms with E-state index in [1.165, 1.54) is 0 Å². The molecular weight excluding hydrogens is 366 g/mol. The van der Waals surface area contributed by atoms with Gasteiger partial charge in [0.05, 0.1) is 12.5 Å². The van der Waals surface area contributed by atoms with Gasteiger partial charge in [-0.15, -0.1) is 0 Å². The number of nitrogens with zero attached hydrogens (tertiary/aromatic N) is 1. The van der Waals surface area contributed by atoms with Crippen molar-refractivity contribution in [3.63, 3.8) is 0 Å². The van der Waals surface area contributed by atoms with Gasteiger partial charge in [0.1, 0.15) is 5.75 Å². The molecule has 29 heavy (non-hydrogen) atoms. The van der Waals surface area contributed by atoms with Crippen LogP contribution in [0.1, 0.15) is 12.0 Å². The molecule has 0 spiro atoms. The van der Waals surface area contributed by atoms with E-state index in [9.17, 15) is 9.59 Å². The highest BCUT2D eigenvalue weighted by atomic mass is 16.5. The SMILES string of the molecule is COc1cccc(CC2(C(=O)NCC3CC(=O)N(c4ccccc4)C3)CNC2)c1. The summed E-state index contributed by atoms with van der Waals surface area (Å²) < 4.78 is 5.30. The summed E-state index contributed by atoms with van der Waals surface area (Å²) in [5, 5.41) is 6.36. The van der Waals surface area contributed by atoms with Crippen LogP contribution >= 0.6 is 0 Å². The molecule has 1 atom stereocenters. The lowest BCUT2D eigenvalue weighted by molar-refractivity contribution is -0.134. The minimum absolute atomic E-state index is 0.0599. The molecule has 2 aliphatic rings. The Morgan fingerprint density at radius 1 is 1.21 bits per heavy atom. The first-order valence-corrected chi connectivity index (χ1v) is 10.1. The summed E-state index contributed by atoms with van der Waals surface area (Å²) in [6.45, 7) is 2.49. The van der Waals surface area contributed by atoms with E-state index in [1.54, 1.807) is 7.11 Å². The third kappa shape index (κ3) is 4.12. The number of benzene rings is 2. The van der Waals surface area contributed by atoms with Gasteiger partial charge in [0.25, 0.3) is 0 Å². The maximum Gasteiger partial charge on any atom is 0.229 e. The Balaban J connectivity index is 1.35. The molecule has 0 radical (unpaired) electrons. The van der Waals surface area contributed by atoms with Crippen LogP contribution in [0.4, 0.5) is 5.69 Å². The molecule has 0 aromatic heterocycles. The molecule has 2 N–H and O–H groups in total. The first-order chi connectivity index (χ1) is 14.1. The normalized spacial score (nSPS) is 20.2. The lowest BCUT2D eigenvalue weighted by atomic mass is 9.75. The standard InChI is InChI=1S/C23H27N3O3/c1-29-20-9-5-6-17(10-20)12-23(15-24-16-23)22(28)25-13-18-11-21(27)26(14-18)19-7-3-2-4-8-19/h2-10,18,24H,11-16H2,1H3,(H,25,28). The second kappa shape index (κ2) is 8.25. The molecule has 2 aliphatic heterocycles. The molecule has 0 aliphatic carbocycles. The van der Waals surface area contributed by atoms with Gasteiger partial charge in [-0.3, -0.25) is 9.59 Å². The van der Waals surface area contributed by atoms with E-state index in [4.69, 9.17) is 4.74 Å². The van der Waals surface area contributed by atoms with E-state index in [1.807, 2.05) is 59.5 Å². The number of nitrogens with one attached hydrogen (secondary N) is 2. The van der Waals surface area contributed by atoms with Gasteiger partial charge in [-0.1, -0.05) is 30.3 Å². The summed E-state index contributed by atoms with van der Waals surface area (Å²) in [4.78, 5) is 27.2. The number of ether oxygens (including phenoxy) is 1. The molecule has 2 aromatic rings. The number of carbonyl (C=O) groups is 2. The quantitative estimate of drug-likeness (QED) is 0.755. The van der Waals surface area contributed by atoms with Crippen molar-refractivity contribution >= 4 is 17.5 Å². The first kappa shape index (κ1) is 19.5. The molecule has 2 fully saturated rings. The van der Waals surface area contributed by atoms with Crippen molar-refractivity contribution in [1.29, 1.82) is 0 Å². The Kier molecular flexibility index (Phi) is 5.53. The second-order valence-electron chi connectivity index (χ2n) is 8.03. The molecule has 2 heterocycles. The summed E-state index contributed by atoms with van der Waals surface area (Å²) in [5.74, 6) is 1.11. The average Bonchev–Trinajstić information content (AvgIpc) is 3.10. The highest BCUT2D eigenvalue weighted by molar-refractivity contribution is 5.95. The zero-order chi connectivity index (χ0) is 20.3. The summed E-state index contributed by atoms with van der Waals surface area (Å²) in [7, 11) is 1.65. The lowest BCUT2D eigenvalue weighted by Crippen LogP contribution is -2.62. The van der Waals surface area contributed by atoms with E-state index >= 15 is 0 Å². The number of rotatable bonds is 7. The van der Waals surface area contributed by atoms with E-state index < -0.39 is 5.41 Å². The van der Waals surface area contributed by atoms with Gasteiger partial charge in [0, 0.05) is 44.2 Å². The second-order valence-corrected chi connectivity index (χ2v) is 8.03. The van der Waals surface area contributed by atoms with Crippen molar-refractivity contribution < 1.29 is 14.3 Å². The Bertz CT molecular complexity index is 880. The van der Waals surface area contributed by atoms with Crippen LogP contribution in [0.2, 0.25) is 0 Å². The van der Waals surface area contributed by atoms with Gasteiger partial charge < -0.3 is 20.3 Å². The molecule has 6 nitrogen and oxygen atoms in total. The number of anilines is 1. The topological polar surface area (TPSA) is 70.7 Å². The third-order valence-electron chi connectivity index (χ3n) is 5.91. The van der Waals surface area contributed by atoms with Crippen LogP contribution in [0.15, 0.2) is 54.6 Å². The van der Waals surface area contributed by atoms with Crippen molar-refractivity contribution in [3.05, 3.63) is 60.2 Å². The molecule has 2 saturated heterocycles. The monoisotopic (exact) mass is 393 g/mol. The van der Waals surface area contributed by atoms with Crippen molar-refractivity contribution in [1.82, 2.24) is 10.6 Å². The number of carbonyl (C=O) groups excluding carboxylic acids is 2. The minimum atomic E-state index is -0.436. The van der Waals surface area contributed by atoms with Crippen molar-refractivity contribution in [2.24, 2.45) is 11.3 Å². The average molecular weight is 393 g/mol. The van der Waals surface area contributed by atoms with Crippen molar-refractivity contribution in [2.45, 2.75) is 12.8 Å². The summed E-state index contributed by atoms with van der Waals surface area (Å²) in [6.07, 6.45) is 1.14. The third-order valence-corrected chi connectivity index (χ3v) is 5.91. The summed E-state index contributed by atoms with van der Waals surface area (Å²) in [5.41, 5.74) is 1.57. The smallest absolute Gasteiger partial charge is 0.229 e. The molecule has 0 bridgehead atoms. The van der Waals surface area contributed by atoms with Crippen molar-refractivity contribution in [2.75, 3.05) is 38.2 Å². The number of para-hydroxylation sites is 1. The molecule has 1 unspecified atom stereocenters.